The minimum Gasteiger partial charge on any atom is -0.332 e. The summed E-state index contributed by atoms with van der Waals surface area (Å²) >= 11 is 6.14. The number of carbonyl (C=O) groups is 1. The van der Waals surface area contributed by atoms with Gasteiger partial charge in [-0.2, -0.15) is 0 Å². The number of aromatic nitrogens is 2. The molecule has 2 heterocycles. The number of amides is 1. The molecular weight excluding hydrogens is 262 g/mol. The number of hydrogen-bond donors (Lipinski definition) is 0. The number of halogens is 1. The van der Waals surface area contributed by atoms with Crippen LogP contribution in [0.25, 0.3) is 10.9 Å². The number of carbonyl (C=O) groups excluding carboxylic acids is 1. The molecule has 0 aliphatic carbocycles. The number of nitrogens with zero attached hydrogens (tertiary/aromatic N) is 3. The quantitative estimate of drug-likeness (QED) is 0.695. The van der Waals surface area contributed by atoms with Crippen LogP contribution < -0.4 is 0 Å². The van der Waals surface area contributed by atoms with E-state index in [1.54, 1.807) is 17.9 Å². The van der Waals surface area contributed by atoms with Crippen molar-refractivity contribution in [2.24, 2.45) is 0 Å². The molecule has 4 nitrogen and oxygen atoms in total. The van der Waals surface area contributed by atoms with Crippen molar-refractivity contribution in [3.8, 4) is 0 Å². The van der Waals surface area contributed by atoms with Gasteiger partial charge in [0, 0.05) is 18.0 Å². The molecule has 3 rings (SSSR count). The van der Waals surface area contributed by atoms with Crippen LogP contribution in [0.5, 0.6) is 0 Å². The van der Waals surface area contributed by atoms with Crippen LogP contribution in [-0.2, 0) is 5.54 Å². The third-order valence-corrected chi connectivity index (χ3v) is 4.22. The fourth-order valence-corrected chi connectivity index (χ4v) is 2.82. The highest BCUT2D eigenvalue weighted by molar-refractivity contribution is 6.34. The monoisotopic (exact) mass is 275 g/mol. The molecule has 0 unspecified atom stereocenters. The summed E-state index contributed by atoms with van der Waals surface area (Å²) in [6.07, 6.45) is 0. The Balaban J connectivity index is 2.40. The molecule has 5 heteroatoms. The molecular formula is C14H14ClN3O. The molecule has 1 aliphatic heterocycles. The summed E-state index contributed by atoms with van der Waals surface area (Å²) in [5, 5.41) is 1.12. The Morgan fingerprint density at radius 1 is 1.26 bits per heavy atom. The van der Waals surface area contributed by atoms with Gasteiger partial charge in [-0.15, -0.1) is 0 Å². The van der Waals surface area contributed by atoms with Gasteiger partial charge >= 0.3 is 0 Å². The highest BCUT2D eigenvalue weighted by Crippen LogP contribution is 2.39. The van der Waals surface area contributed by atoms with E-state index in [4.69, 9.17) is 11.6 Å². The van der Waals surface area contributed by atoms with Crippen molar-refractivity contribution in [2.45, 2.75) is 26.3 Å². The Morgan fingerprint density at radius 2 is 1.95 bits per heavy atom. The van der Waals surface area contributed by atoms with Crippen LogP contribution in [0.2, 0.25) is 5.15 Å². The molecule has 0 radical (unpaired) electrons. The molecule has 0 atom stereocenters. The van der Waals surface area contributed by atoms with Gasteiger partial charge in [-0.05, 0) is 38.5 Å². The average Bonchev–Trinajstić information content (AvgIpc) is 2.50. The topological polar surface area (TPSA) is 46.1 Å². The first kappa shape index (κ1) is 12.4. The zero-order valence-corrected chi connectivity index (χ0v) is 12.0. The van der Waals surface area contributed by atoms with Gasteiger partial charge in [0.2, 0.25) is 0 Å². The van der Waals surface area contributed by atoms with E-state index >= 15 is 0 Å². The Bertz CT molecular complexity index is 724. The molecule has 0 spiro atoms. The van der Waals surface area contributed by atoms with Gasteiger partial charge in [0.25, 0.3) is 5.91 Å². The smallest absolute Gasteiger partial charge is 0.254 e. The van der Waals surface area contributed by atoms with Gasteiger partial charge in [0.05, 0.1) is 11.1 Å². The Morgan fingerprint density at radius 3 is 2.63 bits per heavy atom. The third kappa shape index (κ3) is 1.56. The predicted octanol–water partition coefficient (Wildman–Crippen LogP) is 2.91. The molecule has 1 aromatic heterocycles. The molecule has 0 saturated heterocycles. The molecule has 1 aliphatic rings. The minimum atomic E-state index is -0.327. The summed E-state index contributed by atoms with van der Waals surface area (Å²) in [5.74, 6) is 0.645. The number of hydrogen-bond acceptors (Lipinski definition) is 3. The standard InChI is InChI=1S/C14H14ClN3O/c1-7-16-11-6-10-8(5-9(11)12(15)17-7)13(19)18(4)14(10,2)3/h5-6H,1-4H3. The van der Waals surface area contributed by atoms with Gasteiger partial charge in [0.15, 0.2) is 0 Å². The molecule has 0 N–H and O–H groups in total. The van der Waals surface area contributed by atoms with Crippen molar-refractivity contribution in [3.63, 3.8) is 0 Å². The number of benzene rings is 1. The normalized spacial score (nSPS) is 17.1. The maximum absolute atomic E-state index is 12.3. The van der Waals surface area contributed by atoms with E-state index in [9.17, 15) is 4.79 Å². The van der Waals surface area contributed by atoms with Gasteiger partial charge in [-0.25, -0.2) is 9.97 Å². The minimum absolute atomic E-state index is 0.0125. The van der Waals surface area contributed by atoms with Crippen molar-refractivity contribution in [1.29, 1.82) is 0 Å². The lowest BCUT2D eigenvalue weighted by atomic mass is 9.93. The molecule has 0 saturated carbocycles. The maximum atomic E-state index is 12.3. The van der Waals surface area contributed by atoms with E-state index in [-0.39, 0.29) is 11.4 Å². The molecule has 19 heavy (non-hydrogen) atoms. The molecule has 1 amide bonds. The van der Waals surface area contributed by atoms with Crippen LogP contribution in [0.4, 0.5) is 0 Å². The molecule has 1 aromatic carbocycles. The first-order valence-electron chi connectivity index (χ1n) is 6.09. The van der Waals surface area contributed by atoms with E-state index in [0.29, 0.717) is 16.5 Å². The van der Waals surface area contributed by atoms with Crippen molar-refractivity contribution < 1.29 is 4.79 Å². The highest BCUT2D eigenvalue weighted by Gasteiger charge is 2.40. The summed E-state index contributed by atoms with van der Waals surface area (Å²) in [4.78, 5) is 22.6. The number of aryl methyl sites for hydroxylation is 1. The fourth-order valence-electron chi connectivity index (χ4n) is 2.55. The number of rotatable bonds is 0. The summed E-state index contributed by atoms with van der Waals surface area (Å²) in [6.45, 7) is 5.86. The number of fused-ring (bicyclic) bond motifs is 2. The predicted molar refractivity (Wildman–Crippen MR) is 74.4 cm³/mol. The van der Waals surface area contributed by atoms with E-state index in [2.05, 4.69) is 9.97 Å². The lowest BCUT2D eigenvalue weighted by Crippen LogP contribution is -2.35. The van der Waals surface area contributed by atoms with E-state index < -0.39 is 0 Å². The molecule has 2 aromatic rings. The van der Waals surface area contributed by atoms with E-state index in [0.717, 1.165) is 16.5 Å². The van der Waals surface area contributed by atoms with Gasteiger partial charge < -0.3 is 4.90 Å². The van der Waals surface area contributed by atoms with Crippen molar-refractivity contribution in [3.05, 3.63) is 34.2 Å². The zero-order valence-electron chi connectivity index (χ0n) is 11.3. The molecule has 0 fully saturated rings. The first-order chi connectivity index (χ1) is 8.82. The lowest BCUT2D eigenvalue weighted by Gasteiger charge is -2.28. The van der Waals surface area contributed by atoms with E-state index in [1.807, 2.05) is 27.0 Å². The fraction of sp³-hybridized carbons (Fsp3) is 0.357. The largest absolute Gasteiger partial charge is 0.332 e. The molecule has 0 bridgehead atoms. The average molecular weight is 276 g/mol. The third-order valence-electron chi connectivity index (χ3n) is 3.93. The van der Waals surface area contributed by atoms with Crippen molar-refractivity contribution in [1.82, 2.24) is 14.9 Å². The molecule has 98 valence electrons. The van der Waals surface area contributed by atoms with Gasteiger partial charge in [-0.1, -0.05) is 11.6 Å². The van der Waals surface area contributed by atoms with Crippen molar-refractivity contribution in [2.75, 3.05) is 7.05 Å². The van der Waals surface area contributed by atoms with Crippen LogP contribution in [0.1, 0.15) is 35.6 Å². The van der Waals surface area contributed by atoms with Crippen LogP contribution in [0.15, 0.2) is 12.1 Å². The maximum Gasteiger partial charge on any atom is 0.254 e. The highest BCUT2D eigenvalue weighted by atomic mass is 35.5. The second-order valence-corrected chi connectivity index (χ2v) is 5.76. The first-order valence-corrected chi connectivity index (χ1v) is 6.46. The Kier molecular flexibility index (Phi) is 2.39. The van der Waals surface area contributed by atoms with Crippen LogP contribution in [0.3, 0.4) is 0 Å². The summed E-state index contributed by atoms with van der Waals surface area (Å²) in [5.41, 5.74) is 2.13. The Hall–Kier alpha value is -1.68. The second kappa shape index (κ2) is 3.67. The van der Waals surface area contributed by atoms with Gasteiger partial charge in [0.1, 0.15) is 11.0 Å². The van der Waals surface area contributed by atoms with Crippen LogP contribution in [-0.4, -0.2) is 27.8 Å². The second-order valence-electron chi connectivity index (χ2n) is 5.40. The zero-order chi connectivity index (χ0) is 13.9. The van der Waals surface area contributed by atoms with Crippen LogP contribution in [0, 0.1) is 6.92 Å². The lowest BCUT2D eigenvalue weighted by molar-refractivity contribution is 0.0691. The van der Waals surface area contributed by atoms with Crippen molar-refractivity contribution >= 4 is 28.4 Å². The summed E-state index contributed by atoms with van der Waals surface area (Å²) in [7, 11) is 1.81. The van der Waals surface area contributed by atoms with Crippen LogP contribution >= 0.6 is 11.6 Å². The summed E-state index contributed by atoms with van der Waals surface area (Å²) in [6, 6.07) is 3.76. The SMILES string of the molecule is Cc1nc(Cl)c2cc3c(cc2n1)C(C)(C)N(C)C3=O. The Labute approximate surface area is 116 Å². The van der Waals surface area contributed by atoms with E-state index in [1.165, 1.54) is 0 Å². The summed E-state index contributed by atoms with van der Waals surface area (Å²) < 4.78 is 0. The van der Waals surface area contributed by atoms with Gasteiger partial charge in [-0.3, -0.25) is 4.79 Å².